The Hall–Kier alpha value is -1.31. The summed E-state index contributed by atoms with van der Waals surface area (Å²) in [6.07, 6.45) is 3.39. The molecule has 0 heterocycles. The first-order valence-electron chi connectivity index (χ1n) is 6.77. The van der Waals surface area contributed by atoms with Crippen molar-refractivity contribution in [2.45, 2.75) is 52.4 Å². The zero-order valence-electron chi connectivity index (χ0n) is 11.5. The Morgan fingerprint density at radius 1 is 1.39 bits per heavy atom. The molecule has 0 aromatic heterocycles. The number of carboxylic acids is 1. The van der Waals surface area contributed by atoms with Crippen LogP contribution in [-0.2, 0) is 11.2 Å². The van der Waals surface area contributed by atoms with Crippen molar-refractivity contribution < 1.29 is 9.90 Å². The number of hydrogen-bond donors (Lipinski definition) is 1. The van der Waals surface area contributed by atoms with Crippen LogP contribution in [0.15, 0.2) is 18.2 Å². The summed E-state index contributed by atoms with van der Waals surface area (Å²) in [6, 6.07) is 6.47. The van der Waals surface area contributed by atoms with E-state index in [1.807, 2.05) is 0 Å². The lowest BCUT2D eigenvalue weighted by Crippen LogP contribution is -2.40. The predicted octanol–water partition coefficient (Wildman–Crippen LogP) is 3.92. The second-order valence-corrected chi connectivity index (χ2v) is 5.96. The zero-order chi connectivity index (χ0) is 13.3. The van der Waals surface area contributed by atoms with Gasteiger partial charge in [-0.1, -0.05) is 38.5 Å². The highest BCUT2D eigenvalue weighted by molar-refractivity contribution is 5.76. The van der Waals surface area contributed by atoms with Crippen LogP contribution in [0.5, 0.6) is 0 Å². The lowest BCUT2D eigenvalue weighted by atomic mass is 9.65. The fourth-order valence-corrected chi connectivity index (χ4v) is 2.68. The van der Waals surface area contributed by atoms with Gasteiger partial charge in [0.05, 0.1) is 5.41 Å². The number of carboxylic acid groups (broad SMARTS) is 1. The third-order valence-electron chi connectivity index (χ3n) is 4.33. The molecule has 1 fully saturated rings. The highest BCUT2D eigenvalue weighted by atomic mass is 16.4. The first-order valence-corrected chi connectivity index (χ1v) is 6.77. The number of carbonyl (C=O) groups is 1. The molecule has 0 spiro atoms. The van der Waals surface area contributed by atoms with Crippen LogP contribution >= 0.6 is 0 Å². The number of rotatable bonds is 4. The molecule has 1 aliphatic carbocycles. The summed E-state index contributed by atoms with van der Waals surface area (Å²) < 4.78 is 0. The number of aliphatic carboxylic acids is 1. The topological polar surface area (TPSA) is 37.3 Å². The van der Waals surface area contributed by atoms with Crippen molar-refractivity contribution in [3.05, 3.63) is 34.9 Å². The van der Waals surface area contributed by atoms with E-state index < -0.39 is 11.4 Å². The summed E-state index contributed by atoms with van der Waals surface area (Å²) >= 11 is 0. The van der Waals surface area contributed by atoms with Crippen molar-refractivity contribution in [1.29, 1.82) is 0 Å². The Morgan fingerprint density at radius 2 is 2.06 bits per heavy atom. The molecule has 0 unspecified atom stereocenters. The minimum Gasteiger partial charge on any atom is -0.481 e. The van der Waals surface area contributed by atoms with E-state index in [1.165, 1.54) is 16.7 Å². The van der Waals surface area contributed by atoms with E-state index in [0.29, 0.717) is 12.3 Å². The summed E-state index contributed by atoms with van der Waals surface area (Å²) in [5, 5.41) is 9.41. The van der Waals surface area contributed by atoms with E-state index in [4.69, 9.17) is 0 Å². The molecular formula is C16H22O2. The molecule has 2 heteroatoms. The second-order valence-electron chi connectivity index (χ2n) is 5.96. The van der Waals surface area contributed by atoms with Gasteiger partial charge >= 0.3 is 5.97 Å². The SMILES string of the molecule is Cc1ccc(C(C)C)cc1CC1(C(=O)O)CCC1. The molecule has 1 aromatic rings. The van der Waals surface area contributed by atoms with Crippen LogP contribution in [0.25, 0.3) is 0 Å². The smallest absolute Gasteiger partial charge is 0.309 e. The third-order valence-corrected chi connectivity index (χ3v) is 4.33. The summed E-state index contributed by atoms with van der Waals surface area (Å²) in [5.41, 5.74) is 3.24. The largest absolute Gasteiger partial charge is 0.481 e. The van der Waals surface area contributed by atoms with E-state index in [9.17, 15) is 9.90 Å². The van der Waals surface area contributed by atoms with Crippen LogP contribution in [0, 0.1) is 12.3 Å². The average Bonchev–Trinajstić information content (AvgIpc) is 2.24. The molecular weight excluding hydrogens is 224 g/mol. The Labute approximate surface area is 109 Å². The van der Waals surface area contributed by atoms with E-state index in [1.54, 1.807) is 0 Å². The van der Waals surface area contributed by atoms with Gasteiger partial charge in [-0.25, -0.2) is 0 Å². The number of aryl methyl sites for hydroxylation is 1. The molecule has 1 N–H and O–H groups in total. The van der Waals surface area contributed by atoms with Crippen molar-refractivity contribution in [2.75, 3.05) is 0 Å². The summed E-state index contributed by atoms with van der Waals surface area (Å²) in [5.74, 6) is -0.130. The number of hydrogen-bond acceptors (Lipinski definition) is 1. The van der Waals surface area contributed by atoms with Crippen LogP contribution in [0.1, 0.15) is 55.7 Å². The van der Waals surface area contributed by atoms with Gasteiger partial charge in [0.2, 0.25) is 0 Å². The summed E-state index contributed by atoms with van der Waals surface area (Å²) in [6.45, 7) is 6.42. The first kappa shape index (κ1) is 13.1. The van der Waals surface area contributed by atoms with Gasteiger partial charge in [-0.15, -0.1) is 0 Å². The molecule has 0 saturated heterocycles. The third kappa shape index (κ3) is 2.29. The predicted molar refractivity (Wildman–Crippen MR) is 72.9 cm³/mol. The molecule has 0 aliphatic heterocycles. The molecule has 2 nitrogen and oxygen atoms in total. The van der Waals surface area contributed by atoms with Crippen molar-refractivity contribution in [3.63, 3.8) is 0 Å². The molecule has 0 amide bonds. The van der Waals surface area contributed by atoms with Gasteiger partial charge in [0.1, 0.15) is 0 Å². The van der Waals surface area contributed by atoms with E-state index >= 15 is 0 Å². The van der Waals surface area contributed by atoms with Crippen molar-refractivity contribution in [1.82, 2.24) is 0 Å². The first-order chi connectivity index (χ1) is 8.44. The van der Waals surface area contributed by atoms with Crippen molar-refractivity contribution >= 4 is 5.97 Å². The van der Waals surface area contributed by atoms with Gasteiger partial charge in [0.25, 0.3) is 0 Å². The number of benzene rings is 1. The lowest BCUT2D eigenvalue weighted by Gasteiger charge is -2.38. The van der Waals surface area contributed by atoms with Gasteiger partial charge < -0.3 is 5.11 Å². The minimum atomic E-state index is -0.622. The van der Waals surface area contributed by atoms with E-state index in [-0.39, 0.29) is 0 Å². The summed E-state index contributed by atoms with van der Waals surface area (Å²) in [4.78, 5) is 11.4. The minimum absolute atomic E-state index is 0.486. The van der Waals surface area contributed by atoms with Gasteiger partial charge in [-0.05, 0) is 48.8 Å². The molecule has 0 radical (unpaired) electrons. The standard InChI is InChI=1S/C16H22O2/c1-11(2)13-6-5-12(3)14(9-13)10-16(15(17)18)7-4-8-16/h5-6,9,11H,4,7-8,10H2,1-3H3,(H,17,18). The molecule has 2 rings (SSSR count). The van der Waals surface area contributed by atoms with Gasteiger partial charge in [-0.2, -0.15) is 0 Å². The van der Waals surface area contributed by atoms with Crippen LogP contribution in [0.4, 0.5) is 0 Å². The molecule has 1 saturated carbocycles. The highest BCUT2D eigenvalue weighted by Crippen LogP contribution is 2.44. The Morgan fingerprint density at radius 3 is 2.50 bits per heavy atom. The normalized spacial score (nSPS) is 17.6. The molecule has 1 aliphatic rings. The highest BCUT2D eigenvalue weighted by Gasteiger charge is 2.44. The lowest BCUT2D eigenvalue weighted by molar-refractivity contribution is -0.154. The second kappa shape index (κ2) is 4.75. The Balaban J connectivity index is 2.28. The zero-order valence-corrected chi connectivity index (χ0v) is 11.5. The van der Waals surface area contributed by atoms with Gasteiger partial charge in [-0.3, -0.25) is 4.79 Å². The van der Waals surface area contributed by atoms with Crippen molar-refractivity contribution in [2.24, 2.45) is 5.41 Å². The monoisotopic (exact) mass is 246 g/mol. The molecule has 1 aromatic carbocycles. The molecule has 0 bridgehead atoms. The van der Waals surface area contributed by atoms with Gasteiger partial charge in [0.15, 0.2) is 0 Å². The van der Waals surface area contributed by atoms with Crippen LogP contribution in [-0.4, -0.2) is 11.1 Å². The maximum Gasteiger partial charge on any atom is 0.309 e. The Bertz CT molecular complexity index is 456. The maximum atomic E-state index is 11.4. The molecule has 0 atom stereocenters. The van der Waals surface area contributed by atoms with Crippen LogP contribution < -0.4 is 0 Å². The molecule has 98 valence electrons. The van der Waals surface area contributed by atoms with Crippen LogP contribution in [0.2, 0.25) is 0 Å². The Kier molecular flexibility index (Phi) is 3.47. The fourth-order valence-electron chi connectivity index (χ4n) is 2.68. The fraction of sp³-hybridized carbons (Fsp3) is 0.562. The molecule has 18 heavy (non-hydrogen) atoms. The van der Waals surface area contributed by atoms with Crippen LogP contribution in [0.3, 0.4) is 0 Å². The maximum absolute atomic E-state index is 11.4. The van der Waals surface area contributed by atoms with Gasteiger partial charge in [0, 0.05) is 0 Å². The van der Waals surface area contributed by atoms with E-state index in [2.05, 4.69) is 39.0 Å². The average molecular weight is 246 g/mol. The van der Waals surface area contributed by atoms with Crippen molar-refractivity contribution in [3.8, 4) is 0 Å². The summed E-state index contributed by atoms with van der Waals surface area (Å²) in [7, 11) is 0. The van der Waals surface area contributed by atoms with E-state index in [0.717, 1.165) is 19.3 Å². The quantitative estimate of drug-likeness (QED) is 0.874.